The molecule has 3 nitrogen and oxygen atoms in total. The number of nitrogens with two attached hydrogens (primary N) is 1. The number of halogens is 1. The first kappa shape index (κ1) is 13.5. The molecule has 2 atom stereocenters. The van der Waals surface area contributed by atoms with E-state index in [-0.39, 0.29) is 5.82 Å². The Morgan fingerprint density at radius 3 is 2.89 bits per heavy atom. The van der Waals surface area contributed by atoms with Crippen molar-refractivity contribution >= 4 is 0 Å². The average molecular weight is 253 g/mol. The molecule has 1 aromatic carbocycles. The maximum absolute atomic E-state index is 13.2. The van der Waals surface area contributed by atoms with Crippen LogP contribution in [0.4, 0.5) is 4.39 Å². The molecule has 100 valence electrons. The summed E-state index contributed by atoms with van der Waals surface area (Å²) in [7, 11) is 0. The summed E-state index contributed by atoms with van der Waals surface area (Å²) < 4.78 is 18.6. The Morgan fingerprint density at radius 1 is 1.56 bits per heavy atom. The van der Waals surface area contributed by atoms with Crippen LogP contribution in [0.1, 0.15) is 18.9 Å². The lowest BCUT2D eigenvalue weighted by Crippen LogP contribution is -2.52. The van der Waals surface area contributed by atoms with Crippen LogP contribution in [0.5, 0.6) is 0 Å². The van der Waals surface area contributed by atoms with Crippen molar-refractivity contribution in [2.24, 2.45) is 11.1 Å². The fourth-order valence-electron chi connectivity index (χ4n) is 2.64. The Hall–Kier alpha value is -0.970. The van der Waals surface area contributed by atoms with E-state index in [1.807, 2.05) is 6.07 Å². The number of aliphatic hydroxyl groups is 1. The quantitative estimate of drug-likeness (QED) is 0.854. The van der Waals surface area contributed by atoms with Crippen LogP contribution in [0, 0.1) is 11.2 Å². The molecule has 1 fully saturated rings. The molecular weight excluding hydrogens is 233 g/mol. The zero-order valence-corrected chi connectivity index (χ0v) is 10.7. The summed E-state index contributed by atoms with van der Waals surface area (Å²) in [6, 6.07) is 6.32. The van der Waals surface area contributed by atoms with Gasteiger partial charge in [0, 0.05) is 25.0 Å². The van der Waals surface area contributed by atoms with Gasteiger partial charge in [0.05, 0.1) is 12.2 Å². The van der Waals surface area contributed by atoms with Crippen molar-refractivity contribution in [3.05, 3.63) is 35.6 Å². The Labute approximate surface area is 107 Å². The lowest BCUT2D eigenvalue weighted by Gasteiger charge is -2.41. The SMILES string of the molecule is CC(O)(Cc1cccc(F)c1)C1(CN)CCOC1. The molecule has 1 aliphatic rings. The molecule has 0 bridgehead atoms. The molecule has 1 aliphatic heterocycles. The predicted molar refractivity (Wildman–Crippen MR) is 67.7 cm³/mol. The molecule has 0 radical (unpaired) electrons. The van der Waals surface area contributed by atoms with Gasteiger partial charge in [0.25, 0.3) is 0 Å². The molecule has 1 heterocycles. The lowest BCUT2D eigenvalue weighted by molar-refractivity contribution is -0.0681. The smallest absolute Gasteiger partial charge is 0.123 e. The second-order valence-electron chi connectivity index (χ2n) is 5.37. The average Bonchev–Trinajstić information content (AvgIpc) is 2.78. The second kappa shape index (κ2) is 4.96. The molecule has 0 amide bonds. The number of hydrogen-bond acceptors (Lipinski definition) is 3. The molecule has 0 aliphatic carbocycles. The second-order valence-corrected chi connectivity index (χ2v) is 5.37. The molecule has 1 saturated heterocycles. The van der Waals surface area contributed by atoms with Gasteiger partial charge in [-0.1, -0.05) is 12.1 Å². The molecular formula is C14H20FNO2. The third-order valence-electron chi connectivity index (χ3n) is 4.07. The molecule has 2 rings (SSSR count). The molecule has 4 heteroatoms. The Bertz CT molecular complexity index is 414. The Balaban J connectivity index is 2.20. The Kier molecular flexibility index (Phi) is 3.71. The van der Waals surface area contributed by atoms with Crippen molar-refractivity contribution in [2.75, 3.05) is 19.8 Å². The first-order chi connectivity index (χ1) is 8.49. The fraction of sp³-hybridized carbons (Fsp3) is 0.571. The highest BCUT2D eigenvalue weighted by Gasteiger charge is 2.48. The third-order valence-corrected chi connectivity index (χ3v) is 4.07. The Morgan fingerprint density at radius 2 is 2.33 bits per heavy atom. The first-order valence-electron chi connectivity index (χ1n) is 6.24. The van der Waals surface area contributed by atoms with Gasteiger partial charge in [-0.25, -0.2) is 4.39 Å². The zero-order valence-electron chi connectivity index (χ0n) is 10.7. The topological polar surface area (TPSA) is 55.5 Å². The van der Waals surface area contributed by atoms with Crippen molar-refractivity contribution in [1.29, 1.82) is 0 Å². The maximum Gasteiger partial charge on any atom is 0.123 e. The van der Waals surface area contributed by atoms with E-state index in [0.29, 0.717) is 26.2 Å². The highest BCUT2D eigenvalue weighted by Crippen LogP contribution is 2.40. The monoisotopic (exact) mass is 253 g/mol. The third kappa shape index (κ3) is 2.41. The summed E-state index contributed by atoms with van der Waals surface area (Å²) in [6.45, 7) is 3.22. The van der Waals surface area contributed by atoms with Crippen LogP contribution >= 0.6 is 0 Å². The summed E-state index contributed by atoms with van der Waals surface area (Å²) in [5.41, 5.74) is 5.18. The molecule has 18 heavy (non-hydrogen) atoms. The van der Waals surface area contributed by atoms with Crippen LogP contribution in [0.2, 0.25) is 0 Å². The molecule has 2 unspecified atom stereocenters. The van der Waals surface area contributed by atoms with E-state index in [1.165, 1.54) is 12.1 Å². The molecule has 0 saturated carbocycles. The zero-order chi connectivity index (χ0) is 13.2. The van der Waals surface area contributed by atoms with E-state index in [1.54, 1.807) is 13.0 Å². The molecule has 1 aromatic rings. The van der Waals surface area contributed by atoms with Gasteiger partial charge in [0.2, 0.25) is 0 Å². The number of hydrogen-bond donors (Lipinski definition) is 2. The molecule has 0 aromatic heterocycles. The highest BCUT2D eigenvalue weighted by molar-refractivity contribution is 5.20. The van der Waals surface area contributed by atoms with Crippen LogP contribution in [0.3, 0.4) is 0 Å². The largest absolute Gasteiger partial charge is 0.389 e. The summed E-state index contributed by atoms with van der Waals surface area (Å²) in [4.78, 5) is 0. The van der Waals surface area contributed by atoms with E-state index < -0.39 is 11.0 Å². The number of benzene rings is 1. The van der Waals surface area contributed by atoms with E-state index in [0.717, 1.165) is 12.0 Å². The predicted octanol–water partition coefficient (Wildman–Crippen LogP) is 1.48. The van der Waals surface area contributed by atoms with Gasteiger partial charge < -0.3 is 15.6 Å². The minimum Gasteiger partial charge on any atom is -0.389 e. The van der Waals surface area contributed by atoms with Gasteiger partial charge in [-0.3, -0.25) is 0 Å². The van der Waals surface area contributed by atoms with E-state index >= 15 is 0 Å². The van der Waals surface area contributed by atoms with E-state index in [9.17, 15) is 9.50 Å². The molecule has 0 spiro atoms. The van der Waals surface area contributed by atoms with Gasteiger partial charge in [0.15, 0.2) is 0 Å². The van der Waals surface area contributed by atoms with Crippen molar-refractivity contribution in [2.45, 2.75) is 25.4 Å². The number of ether oxygens (including phenoxy) is 1. The highest BCUT2D eigenvalue weighted by atomic mass is 19.1. The van der Waals surface area contributed by atoms with E-state index in [4.69, 9.17) is 10.5 Å². The van der Waals surface area contributed by atoms with Gasteiger partial charge in [0.1, 0.15) is 5.82 Å². The van der Waals surface area contributed by atoms with Gasteiger partial charge in [-0.2, -0.15) is 0 Å². The van der Waals surface area contributed by atoms with Crippen LogP contribution in [0.25, 0.3) is 0 Å². The van der Waals surface area contributed by atoms with Crippen LogP contribution < -0.4 is 5.73 Å². The minimum atomic E-state index is -0.994. The molecule has 3 N–H and O–H groups in total. The fourth-order valence-corrected chi connectivity index (χ4v) is 2.64. The van der Waals surface area contributed by atoms with Crippen LogP contribution in [0.15, 0.2) is 24.3 Å². The maximum atomic E-state index is 13.2. The van der Waals surface area contributed by atoms with Gasteiger partial charge in [-0.15, -0.1) is 0 Å². The van der Waals surface area contributed by atoms with Crippen molar-refractivity contribution < 1.29 is 14.2 Å². The van der Waals surface area contributed by atoms with Crippen molar-refractivity contribution in [3.8, 4) is 0 Å². The van der Waals surface area contributed by atoms with Gasteiger partial charge >= 0.3 is 0 Å². The van der Waals surface area contributed by atoms with Crippen LogP contribution in [-0.4, -0.2) is 30.5 Å². The summed E-state index contributed by atoms with van der Waals surface area (Å²) in [5.74, 6) is -0.284. The lowest BCUT2D eigenvalue weighted by atomic mass is 9.69. The standard InChI is InChI=1S/C14H20FNO2/c1-13(17,14(9-16)5-6-18-10-14)8-11-3-2-4-12(15)7-11/h2-4,7,17H,5-6,8-10,16H2,1H3. The van der Waals surface area contributed by atoms with Crippen LogP contribution in [-0.2, 0) is 11.2 Å². The first-order valence-corrected chi connectivity index (χ1v) is 6.24. The van der Waals surface area contributed by atoms with Crippen molar-refractivity contribution in [3.63, 3.8) is 0 Å². The summed E-state index contributed by atoms with van der Waals surface area (Å²) in [6.07, 6.45) is 1.12. The van der Waals surface area contributed by atoms with E-state index in [2.05, 4.69) is 0 Å². The van der Waals surface area contributed by atoms with Gasteiger partial charge in [-0.05, 0) is 31.0 Å². The minimum absolute atomic E-state index is 0.284. The number of rotatable bonds is 4. The normalized spacial score (nSPS) is 27.1. The van der Waals surface area contributed by atoms with Crippen molar-refractivity contribution in [1.82, 2.24) is 0 Å². The summed E-state index contributed by atoms with van der Waals surface area (Å²) in [5, 5.41) is 10.7. The summed E-state index contributed by atoms with van der Waals surface area (Å²) >= 11 is 0.